The van der Waals surface area contributed by atoms with Crippen molar-refractivity contribution in [1.82, 2.24) is 5.32 Å². The van der Waals surface area contributed by atoms with Gasteiger partial charge in [-0.15, -0.1) is 0 Å². The standard InChI is InChI=1S/C22H24N2O2/c1-21(2,3)26-20(25)24-22(12-13-22)19(15-23)18-11-7-10-17(14-18)16-8-5-4-6-9-16/h4-11,14,19H,12-13H2,1-3H3,(H,24,25). The largest absolute Gasteiger partial charge is 0.444 e. The molecule has 0 saturated heterocycles. The number of carbonyl (C=O) groups is 1. The number of rotatable bonds is 4. The van der Waals surface area contributed by atoms with Crippen LogP contribution >= 0.6 is 0 Å². The van der Waals surface area contributed by atoms with Gasteiger partial charge in [-0.1, -0.05) is 48.5 Å². The number of benzene rings is 2. The molecule has 1 fully saturated rings. The molecule has 1 unspecified atom stereocenters. The fraction of sp³-hybridized carbons (Fsp3) is 0.364. The van der Waals surface area contributed by atoms with E-state index in [9.17, 15) is 10.1 Å². The van der Waals surface area contributed by atoms with Crippen LogP contribution < -0.4 is 5.32 Å². The molecule has 3 rings (SSSR count). The van der Waals surface area contributed by atoms with Crippen LogP contribution in [0, 0.1) is 11.3 Å². The Morgan fingerprint density at radius 2 is 1.77 bits per heavy atom. The van der Waals surface area contributed by atoms with Crippen LogP contribution in [0.3, 0.4) is 0 Å². The lowest BCUT2D eigenvalue weighted by molar-refractivity contribution is 0.0492. The Balaban J connectivity index is 1.83. The molecule has 1 aliphatic rings. The van der Waals surface area contributed by atoms with Crippen LogP contribution in [0.1, 0.15) is 45.1 Å². The third-order valence-electron chi connectivity index (χ3n) is 4.55. The van der Waals surface area contributed by atoms with Gasteiger partial charge in [-0.3, -0.25) is 0 Å². The zero-order valence-electron chi connectivity index (χ0n) is 15.5. The van der Waals surface area contributed by atoms with Crippen molar-refractivity contribution in [2.75, 3.05) is 0 Å². The van der Waals surface area contributed by atoms with Gasteiger partial charge in [0.1, 0.15) is 5.60 Å². The summed E-state index contributed by atoms with van der Waals surface area (Å²) in [5, 5.41) is 12.8. The number of alkyl carbamates (subject to hydrolysis) is 1. The summed E-state index contributed by atoms with van der Waals surface area (Å²) in [4.78, 5) is 12.2. The first-order valence-electron chi connectivity index (χ1n) is 8.89. The molecule has 1 N–H and O–H groups in total. The first kappa shape index (κ1) is 18.0. The number of amides is 1. The predicted molar refractivity (Wildman–Crippen MR) is 102 cm³/mol. The molecule has 0 heterocycles. The van der Waals surface area contributed by atoms with Crippen molar-refractivity contribution in [3.63, 3.8) is 0 Å². The zero-order chi connectivity index (χ0) is 18.8. The van der Waals surface area contributed by atoms with Gasteiger partial charge in [0.15, 0.2) is 0 Å². The molecule has 0 aromatic heterocycles. The minimum atomic E-state index is -0.560. The lowest BCUT2D eigenvalue weighted by Crippen LogP contribution is -2.43. The van der Waals surface area contributed by atoms with Crippen LogP contribution in [0.2, 0.25) is 0 Å². The van der Waals surface area contributed by atoms with E-state index < -0.39 is 23.2 Å². The molecule has 0 radical (unpaired) electrons. The van der Waals surface area contributed by atoms with Crippen molar-refractivity contribution in [3.05, 3.63) is 60.2 Å². The molecule has 2 aromatic carbocycles. The van der Waals surface area contributed by atoms with Gasteiger partial charge in [0.2, 0.25) is 0 Å². The molecular weight excluding hydrogens is 324 g/mol. The van der Waals surface area contributed by atoms with E-state index >= 15 is 0 Å². The number of hydrogen-bond acceptors (Lipinski definition) is 3. The lowest BCUT2D eigenvalue weighted by atomic mass is 9.88. The third kappa shape index (κ3) is 4.05. The summed E-state index contributed by atoms with van der Waals surface area (Å²) in [6.07, 6.45) is 1.09. The summed E-state index contributed by atoms with van der Waals surface area (Å²) in [6.45, 7) is 5.49. The Bertz CT molecular complexity index is 827. The van der Waals surface area contributed by atoms with Gasteiger partial charge in [0.05, 0.1) is 17.5 Å². The first-order chi connectivity index (χ1) is 12.3. The Morgan fingerprint density at radius 3 is 2.35 bits per heavy atom. The van der Waals surface area contributed by atoms with Crippen LogP contribution in [0.4, 0.5) is 4.79 Å². The summed E-state index contributed by atoms with van der Waals surface area (Å²) in [6, 6.07) is 20.5. The number of carbonyl (C=O) groups excluding carboxylic acids is 1. The number of nitrogens with zero attached hydrogens (tertiary/aromatic N) is 1. The van der Waals surface area contributed by atoms with Crippen molar-refractivity contribution in [1.29, 1.82) is 5.26 Å². The van der Waals surface area contributed by atoms with Crippen LogP contribution in [0.15, 0.2) is 54.6 Å². The minimum absolute atomic E-state index is 0.404. The second-order valence-corrected chi connectivity index (χ2v) is 7.84. The summed E-state index contributed by atoms with van der Waals surface area (Å²) in [5.74, 6) is -0.404. The molecule has 1 atom stereocenters. The second-order valence-electron chi connectivity index (χ2n) is 7.84. The van der Waals surface area contributed by atoms with Gasteiger partial charge in [-0.2, -0.15) is 5.26 Å². The van der Waals surface area contributed by atoms with Gasteiger partial charge in [0, 0.05) is 0 Å². The fourth-order valence-electron chi connectivity index (χ4n) is 3.17. The molecule has 0 aliphatic heterocycles. The fourth-order valence-corrected chi connectivity index (χ4v) is 3.17. The zero-order valence-corrected chi connectivity index (χ0v) is 15.5. The van der Waals surface area contributed by atoms with Crippen molar-refractivity contribution < 1.29 is 9.53 Å². The molecule has 4 nitrogen and oxygen atoms in total. The summed E-state index contributed by atoms with van der Waals surface area (Å²) in [7, 11) is 0. The third-order valence-corrected chi connectivity index (χ3v) is 4.55. The predicted octanol–water partition coefficient (Wildman–Crippen LogP) is 5.02. The molecule has 0 bridgehead atoms. The number of hydrogen-bond donors (Lipinski definition) is 1. The number of nitrogens with one attached hydrogen (secondary N) is 1. The monoisotopic (exact) mass is 348 g/mol. The van der Waals surface area contributed by atoms with Crippen molar-refractivity contribution >= 4 is 6.09 Å². The number of nitriles is 1. The highest BCUT2D eigenvalue weighted by atomic mass is 16.6. The van der Waals surface area contributed by atoms with E-state index in [1.165, 1.54) is 0 Å². The molecular formula is C22H24N2O2. The average Bonchev–Trinajstić information content (AvgIpc) is 3.35. The maximum absolute atomic E-state index is 12.2. The maximum atomic E-state index is 12.2. The van der Waals surface area contributed by atoms with Gasteiger partial charge >= 0.3 is 6.09 Å². The first-order valence-corrected chi connectivity index (χ1v) is 8.89. The van der Waals surface area contributed by atoms with E-state index in [0.29, 0.717) is 0 Å². The molecule has 1 amide bonds. The molecule has 26 heavy (non-hydrogen) atoms. The average molecular weight is 348 g/mol. The van der Waals surface area contributed by atoms with E-state index in [2.05, 4.69) is 11.4 Å². The molecule has 1 saturated carbocycles. The van der Waals surface area contributed by atoms with Gasteiger partial charge in [0.25, 0.3) is 0 Å². The van der Waals surface area contributed by atoms with E-state index in [4.69, 9.17) is 4.74 Å². The molecule has 1 aliphatic carbocycles. The highest BCUT2D eigenvalue weighted by molar-refractivity contribution is 5.70. The van der Waals surface area contributed by atoms with Gasteiger partial charge < -0.3 is 10.1 Å². The summed E-state index contributed by atoms with van der Waals surface area (Å²) < 4.78 is 5.38. The number of ether oxygens (including phenoxy) is 1. The van der Waals surface area contributed by atoms with E-state index in [1.807, 2.05) is 75.4 Å². The Hall–Kier alpha value is -2.80. The smallest absolute Gasteiger partial charge is 0.408 e. The normalized spacial score (nSPS) is 16.2. The van der Waals surface area contributed by atoms with E-state index in [-0.39, 0.29) is 0 Å². The van der Waals surface area contributed by atoms with Crippen molar-refractivity contribution in [2.45, 2.75) is 50.7 Å². The molecule has 134 valence electrons. The summed E-state index contributed by atoms with van der Waals surface area (Å²) >= 11 is 0. The Morgan fingerprint density at radius 1 is 1.12 bits per heavy atom. The highest BCUT2D eigenvalue weighted by Gasteiger charge is 2.52. The topological polar surface area (TPSA) is 62.1 Å². The van der Waals surface area contributed by atoms with Crippen LogP contribution in [0.5, 0.6) is 0 Å². The van der Waals surface area contributed by atoms with Crippen LogP contribution in [0.25, 0.3) is 11.1 Å². The van der Waals surface area contributed by atoms with Crippen molar-refractivity contribution in [2.24, 2.45) is 0 Å². The van der Waals surface area contributed by atoms with Crippen molar-refractivity contribution in [3.8, 4) is 17.2 Å². The lowest BCUT2D eigenvalue weighted by Gasteiger charge is -2.26. The van der Waals surface area contributed by atoms with E-state index in [0.717, 1.165) is 29.5 Å². The highest BCUT2D eigenvalue weighted by Crippen LogP contribution is 2.47. The Labute approximate surface area is 154 Å². The second kappa shape index (κ2) is 6.84. The maximum Gasteiger partial charge on any atom is 0.408 e. The molecule has 0 spiro atoms. The van der Waals surface area contributed by atoms with Gasteiger partial charge in [-0.25, -0.2) is 4.79 Å². The van der Waals surface area contributed by atoms with Crippen LogP contribution in [-0.2, 0) is 4.74 Å². The molecule has 2 aromatic rings. The van der Waals surface area contributed by atoms with Crippen LogP contribution in [-0.4, -0.2) is 17.2 Å². The summed E-state index contributed by atoms with van der Waals surface area (Å²) in [5.41, 5.74) is 2.00. The molecule has 4 heteroatoms. The van der Waals surface area contributed by atoms with Gasteiger partial charge in [-0.05, 0) is 56.4 Å². The quantitative estimate of drug-likeness (QED) is 0.844. The minimum Gasteiger partial charge on any atom is -0.444 e. The van der Waals surface area contributed by atoms with E-state index in [1.54, 1.807) is 0 Å². The Kier molecular flexibility index (Phi) is 4.73. The SMILES string of the molecule is CC(C)(C)OC(=O)NC1(C(C#N)c2cccc(-c3ccccc3)c2)CC1.